The molecular formula is C17H18BrN3O3. The molecule has 0 heterocycles. The maximum atomic E-state index is 11.8. The molecule has 2 N–H and O–H groups in total. The molecule has 0 fully saturated rings. The summed E-state index contributed by atoms with van der Waals surface area (Å²) in [5.74, 6) is 0.936. The van der Waals surface area contributed by atoms with Crippen LogP contribution in [0.15, 0.2) is 52.0 Å². The van der Waals surface area contributed by atoms with Crippen LogP contribution in [0.5, 0.6) is 11.5 Å². The molecule has 0 aromatic heterocycles. The monoisotopic (exact) mass is 391 g/mol. The molecule has 0 saturated carbocycles. The average Bonchev–Trinajstić information content (AvgIpc) is 2.60. The summed E-state index contributed by atoms with van der Waals surface area (Å²) in [4.78, 5) is 11.8. The standard InChI is InChI=1S/C17H18BrN3O3/c1-23-15-9-12(8-14(18)17(15)24-2)10-20-21-16(22)11-19-13-6-4-3-5-7-13/h3-10,19H,11H2,1-2H3,(H,21,22)/b20-10-. The maximum absolute atomic E-state index is 11.8. The number of rotatable bonds is 7. The number of ether oxygens (including phenoxy) is 2. The number of methoxy groups -OCH3 is 2. The highest BCUT2D eigenvalue weighted by atomic mass is 79.9. The number of halogens is 1. The molecule has 6 nitrogen and oxygen atoms in total. The second kappa shape index (κ2) is 8.93. The molecule has 0 atom stereocenters. The van der Waals surface area contributed by atoms with Gasteiger partial charge in [-0.25, -0.2) is 5.43 Å². The molecule has 2 aromatic rings. The normalized spacial score (nSPS) is 10.5. The zero-order chi connectivity index (χ0) is 17.4. The molecule has 0 bridgehead atoms. The summed E-state index contributed by atoms with van der Waals surface area (Å²) in [7, 11) is 3.12. The summed E-state index contributed by atoms with van der Waals surface area (Å²) in [5.41, 5.74) is 4.10. The Bertz CT molecular complexity index is 721. The topological polar surface area (TPSA) is 72.0 Å². The van der Waals surface area contributed by atoms with Crippen molar-refractivity contribution in [3.05, 3.63) is 52.5 Å². The summed E-state index contributed by atoms with van der Waals surface area (Å²) in [5, 5.41) is 6.95. The number of benzene rings is 2. The number of hydrogen-bond acceptors (Lipinski definition) is 5. The first-order valence-corrected chi connectivity index (χ1v) is 7.95. The van der Waals surface area contributed by atoms with Gasteiger partial charge in [-0.3, -0.25) is 4.79 Å². The zero-order valence-corrected chi connectivity index (χ0v) is 15.0. The molecule has 0 aliphatic heterocycles. The fourth-order valence-corrected chi connectivity index (χ4v) is 2.59. The number of hydrogen-bond donors (Lipinski definition) is 2. The smallest absolute Gasteiger partial charge is 0.259 e. The van der Waals surface area contributed by atoms with Crippen LogP contribution in [-0.2, 0) is 4.79 Å². The summed E-state index contributed by atoms with van der Waals surface area (Å²) in [6.07, 6.45) is 1.53. The Labute approximate surface area is 149 Å². The van der Waals surface area contributed by atoms with Crippen LogP contribution in [-0.4, -0.2) is 32.9 Å². The first kappa shape index (κ1) is 17.8. The molecule has 0 unspecified atom stereocenters. The third-order valence-corrected chi connectivity index (χ3v) is 3.67. The van der Waals surface area contributed by atoms with Crippen LogP contribution in [0.3, 0.4) is 0 Å². The van der Waals surface area contributed by atoms with Gasteiger partial charge in [-0.2, -0.15) is 5.10 Å². The van der Waals surface area contributed by atoms with E-state index in [1.165, 1.54) is 6.21 Å². The summed E-state index contributed by atoms with van der Waals surface area (Å²) in [6.45, 7) is 0.136. The number of nitrogens with zero attached hydrogens (tertiary/aromatic N) is 1. The quantitative estimate of drug-likeness (QED) is 0.561. The molecule has 2 aromatic carbocycles. The number of hydrazone groups is 1. The van der Waals surface area contributed by atoms with Gasteiger partial charge in [-0.1, -0.05) is 18.2 Å². The number of carbonyl (C=O) groups is 1. The van der Waals surface area contributed by atoms with Crippen molar-refractivity contribution in [2.24, 2.45) is 5.10 Å². The van der Waals surface area contributed by atoms with Crippen LogP contribution in [0.1, 0.15) is 5.56 Å². The van der Waals surface area contributed by atoms with Gasteiger partial charge in [0, 0.05) is 5.69 Å². The summed E-state index contributed by atoms with van der Waals surface area (Å²) >= 11 is 3.41. The highest BCUT2D eigenvalue weighted by Gasteiger charge is 2.09. The molecule has 1 amide bonds. The minimum atomic E-state index is -0.241. The van der Waals surface area contributed by atoms with Crippen LogP contribution in [0.25, 0.3) is 0 Å². The van der Waals surface area contributed by atoms with Gasteiger partial charge in [-0.05, 0) is 45.8 Å². The highest BCUT2D eigenvalue weighted by Crippen LogP contribution is 2.35. The van der Waals surface area contributed by atoms with Gasteiger partial charge in [0.05, 0.1) is 31.5 Å². The van der Waals surface area contributed by atoms with E-state index in [1.807, 2.05) is 36.4 Å². The fraction of sp³-hybridized carbons (Fsp3) is 0.176. The van der Waals surface area contributed by atoms with E-state index in [9.17, 15) is 4.79 Å². The minimum absolute atomic E-state index is 0.136. The van der Waals surface area contributed by atoms with Crippen molar-refractivity contribution >= 4 is 33.7 Å². The lowest BCUT2D eigenvalue weighted by molar-refractivity contribution is -0.119. The highest BCUT2D eigenvalue weighted by molar-refractivity contribution is 9.10. The van der Waals surface area contributed by atoms with Gasteiger partial charge in [0.1, 0.15) is 0 Å². The second-order valence-corrected chi connectivity index (χ2v) is 5.61. The van der Waals surface area contributed by atoms with Gasteiger partial charge in [0.25, 0.3) is 5.91 Å². The van der Waals surface area contributed by atoms with Crippen molar-refractivity contribution in [3.8, 4) is 11.5 Å². The van der Waals surface area contributed by atoms with Crippen LogP contribution >= 0.6 is 15.9 Å². The molecule has 0 aliphatic rings. The lowest BCUT2D eigenvalue weighted by Crippen LogP contribution is -2.25. The average molecular weight is 392 g/mol. The molecule has 0 saturated heterocycles. The second-order valence-electron chi connectivity index (χ2n) is 4.75. The van der Waals surface area contributed by atoms with Gasteiger partial charge < -0.3 is 14.8 Å². The van der Waals surface area contributed by atoms with E-state index in [4.69, 9.17) is 9.47 Å². The number of anilines is 1. The van der Waals surface area contributed by atoms with Crippen molar-refractivity contribution in [2.45, 2.75) is 0 Å². The Kier molecular flexibility index (Phi) is 6.62. The van der Waals surface area contributed by atoms with E-state index in [2.05, 4.69) is 31.8 Å². The minimum Gasteiger partial charge on any atom is -0.493 e. The lowest BCUT2D eigenvalue weighted by Gasteiger charge is -2.10. The molecule has 24 heavy (non-hydrogen) atoms. The van der Waals surface area contributed by atoms with Gasteiger partial charge in [0.2, 0.25) is 0 Å². The number of para-hydroxylation sites is 1. The Morgan fingerprint density at radius 2 is 1.96 bits per heavy atom. The third-order valence-electron chi connectivity index (χ3n) is 3.09. The largest absolute Gasteiger partial charge is 0.493 e. The molecule has 126 valence electrons. The molecule has 0 aliphatic carbocycles. The van der Waals surface area contributed by atoms with Crippen LogP contribution < -0.4 is 20.2 Å². The first-order valence-electron chi connectivity index (χ1n) is 7.16. The Hall–Kier alpha value is -2.54. The van der Waals surface area contributed by atoms with E-state index in [0.717, 1.165) is 15.7 Å². The van der Waals surface area contributed by atoms with Crippen molar-refractivity contribution in [1.82, 2.24) is 5.43 Å². The number of carbonyl (C=O) groups excluding carboxylic acids is 1. The predicted molar refractivity (Wildman–Crippen MR) is 97.9 cm³/mol. The van der Waals surface area contributed by atoms with E-state index in [0.29, 0.717) is 11.5 Å². The van der Waals surface area contributed by atoms with Crippen molar-refractivity contribution in [2.75, 3.05) is 26.1 Å². The third kappa shape index (κ3) is 4.99. The summed E-state index contributed by atoms with van der Waals surface area (Å²) in [6, 6.07) is 13.1. The number of amides is 1. The first-order chi connectivity index (χ1) is 11.6. The Morgan fingerprint density at radius 3 is 2.62 bits per heavy atom. The van der Waals surface area contributed by atoms with Crippen LogP contribution in [0.2, 0.25) is 0 Å². The SMILES string of the molecule is COc1cc(/C=N\NC(=O)CNc2ccccc2)cc(Br)c1OC. The molecular weight excluding hydrogens is 374 g/mol. The van der Waals surface area contributed by atoms with E-state index >= 15 is 0 Å². The van der Waals surface area contributed by atoms with E-state index < -0.39 is 0 Å². The molecule has 0 radical (unpaired) electrons. The predicted octanol–water partition coefficient (Wildman–Crippen LogP) is 3.03. The molecule has 7 heteroatoms. The van der Waals surface area contributed by atoms with Crippen LogP contribution in [0.4, 0.5) is 5.69 Å². The maximum Gasteiger partial charge on any atom is 0.259 e. The summed E-state index contributed by atoms with van der Waals surface area (Å²) < 4.78 is 11.2. The van der Waals surface area contributed by atoms with Gasteiger partial charge >= 0.3 is 0 Å². The van der Waals surface area contributed by atoms with E-state index in [1.54, 1.807) is 20.3 Å². The van der Waals surface area contributed by atoms with Crippen molar-refractivity contribution in [3.63, 3.8) is 0 Å². The zero-order valence-electron chi connectivity index (χ0n) is 13.4. The van der Waals surface area contributed by atoms with Gasteiger partial charge in [-0.15, -0.1) is 0 Å². The van der Waals surface area contributed by atoms with Gasteiger partial charge in [0.15, 0.2) is 11.5 Å². The van der Waals surface area contributed by atoms with Crippen molar-refractivity contribution < 1.29 is 14.3 Å². The van der Waals surface area contributed by atoms with Crippen LogP contribution in [0, 0.1) is 0 Å². The van der Waals surface area contributed by atoms with Crippen molar-refractivity contribution in [1.29, 1.82) is 0 Å². The Balaban J connectivity index is 1.91. The molecule has 2 rings (SSSR count). The van der Waals surface area contributed by atoms with E-state index in [-0.39, 0.29) is 12.5 Å². The lowest BCUT2D eigenvalue weighted by atomic mass is 10.2. The fourth-order valence-electron chi connectivity index (χ4n) is 1.97. The molecule has 0 spiro atoms. The number of nitrogens with one attached hydrogen (secondary N) is 2. The Morgan fingerprint density at radius 1 is 1.21 bits per heavy atom.